The van der Waals surface area contributed by atoms with Gasteiger partial charge in [-0.1, -0.05) is 12.1 Å². The Morgan fingerprint density at radius 3 is 2.79 bits per heavy atom. The van der Waals surface area contributed by atoms with Gasteiger partial charge in [-0.25, -0.2) is 4.39 Å². The molecule has 1 saturated heterocycles. The molecule has 2 fully saturated rings. The normalized spacial score (nSPS) is 24.6. The number of rotatable bonds is 5. The van der Waals surface area contributed by atoms with Crippen LogP contribution in [-0.2, 0) is 4.79 Å². The molecule has 2 aliphatic rings. The minimum atomic E-state index is -0.763. The monoisotopic (exact) mass is 385 g/mol. The van der Waals surface area contributed by atoms with Crippen LogP contribution < -0.4 is 10.1 Å². The number of nitrogens with one attached hydrogen (secondary N) is 2. The number of para-hydroxylation sites is 1. The highest BCUT2D eigenvalue weighted by Crippen LogP contribution is 2.37. The molecule has 2 amide bonds. The number of likely N-dealkylation sites (tertiary alicyclic amines) is 1. The Kier molecular flexibility index (Phi) is 5.07. The average molecular weight is 385 g/mol. The van der Waals surface area contributed by atoms with Crippen LogP contribution in [0.5, 0.6) is 5.75 Å². The van der Waals surface area contributed by atoms with E-state index in [1.165, 1.54) is 12.1 Å². The first-order valence-electron chi connectivity index (χ1n) is 9.65. The van der Waals surface area contributed by atoms with E-state index in [1.54, 1.807) is 42.3 Å². The van der Waals surface area contributed by atoms with E-state index in [0.717, 1.165) is 12.8 Å². The summed E-state index contributed by atoms with van der Waals surface area (Å²) in [5, 5.41) is 3.10. The Morgan fingerprint density at radius 2 is 2.04 bits per heavy atom. The Bertz CT molecular complexity index is 854. The highest BCUT2D eigenvalue weighted by molar-refractivity contribution is 5.92. The average Bonchev–Trinajstić information content (AvgIpc) is 3.31. The fourth-order valence-electron chi connectivity index (χ4n) is 4.37. The number of hydrogen-bond acceptors (Lipinski definition) is 3. The van der Waals surface area contributed by atoms with Gasteiger partial charge in [0, 0.05) is 25.3 Å². The van der Waals surface area contributed by atoms with Crippen LogP contribution in [-0.4, -0.2) is 46.9 Å². The first kappa shape index (κ1) is 18.5. The second-order valence-corrected chi connectivity index (χ2v) is 7.69. The molecule has 1 saturated carbocycles. The quantitative estimate of drug-likeness (QED) is 0.831. The van der Waals surface area contributed by atoms with E-state index in [4.69, 9.17) is 4.74 Å². The molecule has 28 heavy (non-hydrogen) atoms. The summed E-state index contributed by atoms with van der Waals surface area (Å²) in [6.07, 6.45) is 2.83. The van der Waals surface area contributed by atoms with Crippen LogP contribution >= 0.6 is 0 Å². The van der Waals surface area contributed by atoms with Crippen LogP contribution in [0.15, 0.2) is 42.6 Å². The molecule has 148 valence electrons. The topological polar surface area (TPSA) is 74.4 Å². The summed E-state index contributed by atoms with van der Waals surface area (Å²) >= 11 is 0. The van der Waals surface area contributed by atoms with Gasteiger partial charge in [0.1, 0.15) is 5.69 Å². The van der Waals surface area contributed by atoms with E-state index in [2.05, 4.69) is 10.3 Å². The zero-order valence-electron chi connectivity index (χ0n) is 15.7. The van der Waals surface area contributed by atoms with Crippen molar-refractivity contribution in [1.82, 2.24) is 15.2 Å². The maximum absolute atomic E-state index is 13.8. The number of aromatic amines is 1. The minimum absolute atomic E-state index is 0.0568. The van der Waals surface area contributed by atoms with Crippen molar-refractivity contribution in [3.8, 4) is 5.75 Å². The number of carbonyl (C=O) groups is 2. The first-order chi connectivity index (χ1) is 13.5. The number of ether oxygens (including phenoxy) is 1. The lowest BCUT2D eigenvalue weighted by Crippen LogP contribution is -2.48. The third-order valence-electron chi connectivity index (χ3n) is 5.68. The van der Waals surface area contributed by atoms with E-state index >= 15 is 0 Å². The number of carbonyl (C=O) groups excluding carboxylic acids is 2. The van der Waals surface area contributed by atoms with Crippen molar-refractivity contribution in [2.24, 2.45) is 11.8 Å². The smallest absolute Gasteiger partial charge is 0.267 e. The van der Waals surface area contributed by atoms with Gasteiger partial charge in [0.15, 0.2) is 17.7 Å². The number of hydrogen-bond donors (Lipinski definition) is 2. The number of aromatic nitrogens is 1. The Labute approximate surface area is 163 Å². The summed E-state index contributed by atoms with van der Waals surface area (Å²) in [4.78, 5) is 29.9. The predicted molar refractivity (Wildman–Crippen MR) is 101 cm³/mol. The summed E-state index contributed by atoms with van der Waals surface area (Å²) in [5.74, 6) is -0.0714. The molecule has 2 N–H and O–H groups in total. The van der Waals surface area contributed by atoms with E-state index in [9.17, 15) is 14.0 Å². The Balaban J connectivity index is 1.36. The minimum Gasteiger partial charge on any atom is -0.478 e. The lowest BCUT2D eigenvalue weighted by Gasteiger charge is -2.34. The van der Waals surface area contributed by atoms with Crippen LogP contribution in [0.2, 0.25) is 0 Å². The predicted octanol–water partition coefficient (Wildman–Crippen LogP) is 2.59. The van der Waals surface area contributed by atoms with E-state index in [-0.39, 0.29) is 29.5 Å². The molecule has 1 aliphatic carbocycles. The molecule has 1 aromatic carbocycles. The van der Waals surface area contributed by atoms with Crippen LogP contribution in [0.3, 0.4) is 0 Å². The molecule has 2 heterocycles. The number of benzene rings is 1. The summed E-state index contributed by atoms with van der Waals surface area (Å²) in [5.41, 5.74) is 0.543. The van der Waals surface area contributed by atoms with Gasteiger partial charge in [-0.3, -0.25) is 9.59 Å². The third-order valence-corrected chi connectivity index (χ3v) is 5.68. The van der Waals surface area contributed by atoms with Gasteiger partial charge in [-0.05, 0) is 55.9 Å². The SMILES string of the molecule is CC(Oc1ccccc1F)C(=O)N1C[C@H]2C[C@@H](C1)[C@@H](NC(=O)c1ccc[nH]1)C2. The third kappa shape index (κ3) is 3.74. The molecule has 0 spiro atoms. The fraction of sp³-hybridized carbons (Fsp3) is 0.429. The van der Waals surface area contributed by atoms with E-state index < -0.39 is 11.9 Å². The number of fused-ring (bicyclic) bond motifs is 2. The van der Waals surface area contributed by atoms with Gasteiger partial charge < -0.3 is 19.9 Å². The summed E-state index contributed by atoms with van der Waals surface area (Å²) in [6, 6.07) is 9.68. The first-order valence-corrected chi connectivity index (χ1v) is 9.65. The molecule has 4 atom stereocenters. The summed E-state index contributed by atoms with van der Waals surface area (Å²) < 4.78 is 19.3. The highest BCUT2D eigenvalue weighted by atomic mass is 19.1. The summed E-state index contributed by atoms with van der Waals surface area (Å²) in [7, 11) is 0. The van der Waals surface area contributed by atoms with Crippen molar-refractivity contribution in [3.63, 3.8) is 0 Å². The van der Waals surface area contributed by atoms with Gasteiger partial charge >= 0.3 is 0 Å². The maximum atomic E-state index is 13.8. The van der Waals surface area contributed by atoms with Crippen molar-refractivity contribution in [1.29, 1.82) is 0 Å². The van der Waals surface area contributed by atoms with Gasteiger partial charge in [-0.2, -0.15) is 0 Å². The number of piperidine rings is 1. The van der Waals surface area contributed by atoms with E-state index in [0.29, 0.717) is 24.7 Å². The van der Waals surface area contributed by atoms with Crippen molar-refractivity contribution >= 4 is 11.8 Å². The maximum Gasteiger partial charge on any atom is 0.267 e. The molecule has 1 aromatic heterocycles. The zero-order valence-corrected chi connectivity index (χ0v) is 15.7. The number of H-pyrrole nitrogens is 1. The van der Waals surface area contributed by atoms with Crippen LogP contribution in [0, 0.1) is 17.7 Å². The molecule has 2 aromatic rings. The molecule has 7 heteroatoms. The second-order valence-electron chi connectivity index (χ2n) is 7.69. The number of halogens is 1. The fourth-order valence-corrected chi connectivity index (χ4v) is 4.37. The number of nitrogens with zero attached hydrogens (tertiary/aromatic N) is 1. The van der Waals surface area contributed by atoms with Crippen molar-refractivity contribution in [2.45, 2.75) is 31.9 Å². The van der Waals surface area contributed by atoms with Crippen molar-refractivity contribution in [2.75, 3.05) is 13.1 Å². The molecule has 2 bridgehead atoms. The Morgan fingerprint density at radius 1 is 1.21 bits per heavy atom. The molecule has 1 aliphatic heterocycles. The highest BCUT2D eigenvalue weighted by Gasteiger charge is 2.43. The van der Waals surface area contributed by atoms with Crippen LogP contribution in [0.4, 0.5) is 4.39 Å². The standard InChI is InChI=1S/C21H24FN3O3/c1-13(28-19-7-3-2-5-16(19)22)21(27)25-11-14-9-15(12-25)18(10-14)24-20(26)17-6-4-8-23-17/h2-8,13-15,18,23H,9-12H2,1H3,(H,24,26)/t13?,14-,15-,18-/m0/s1. The summed E-state index contributed by atoms with van der Waals surface area (Å²) in [6.45, 7) is 2.88. The Hall–Kier alpha value is -2.83. The number of amides is 2. The zero-order chi connectivity index (χ0) is 19.7. The molecule has 6 nitrogen and oxygen atoms in total. The lowest BCUT2D eigenvalue weighted by atomic mass is 9.97. The molecule has 1 unspecified atom stereocenters. The van der Waals surface area contributed by atoms with Gasteiger partial charge in [0.05, 0.1) is 0 Å². The molecule has 0 radical (unpaired) electrons. The molecular weight excluding hydrogens is 361 g/mol. The van der Waals surface area contributed by atoms with Crippen molar-refractivity contribution in [3.05, 3.63) is 54.1 Å². The van der Waals surface area contributed by atoms with Gasteiger partial charge in [0.25, 0.3) is 11.8 Å². The van der Waals surface area contributed by atoms with Crippen molar-refractivity contribution < 1.29 is 18.7 Å². The van der Waals surface area contributed by atoms with Crippen LogP contribution in [0.25, 0.3) is 0 Å². The van der Waals surface area contributed by atoms with Crippen LogP contribution in [0.1, 0.15) is 30.3 Å². The molecule has 4 rings (SSSR count). The molecular formula is C21H24FN3O3. The van der Waals surface area contributed by atoms with Gasteiger partial charge in [-0.15, -0.1) is 0 Å². The second kappa shape index (κ2) is 7.66. The lowest BCUT2D eigenvalue weighted by molar-refractivity contribution is -0.140. The van der Waals surface area contributed by atoms with Gasteiger partial charge in [0.2, 0.25) is 0 Å². The largest absolute Gasteiger partial charge is 0.478 e. The van der Waals surface area contributed by atoms with E-state index in [1.807, 2.05) is 0 Å².